The van der Waals surface area contributed by atoms with E-state index < -0.39 is 5.97 Å². The molecule has 5 heteroatoms. The van der Waals surface area contributed by atoms with Gasteiger partial charge in [-0.05, 0) is 49.1 Å². The predicted molar refractivity (Wildman–Crippen MR) is 140 cm³/mol. The van der Waals surface area contributed by atoms with Crippen molar-refractivity contribution in [3.05, 3.63) is 89.3 Å². The normalized spacial score (nSPS) is 10.7. The number of hydrogen-bond donors (Lipinski definition) is 0. The summed E-state index contributed by atoms with van der Waals surface area (Å²) in [5.74, 6) is -0.0149. The SMILES string of the molecule is C.C=C(CC)c1cn(-c2ccc(C(=O)OCC)c(OCOC)c2)cc1/C=C/c1ccccc1C. The van der Waals surface area contributed by atoms with Crippen molar-refractivity contribution in [3.63, 3.8) is 0 Å². The third-order valence-electron chi connectivity index (χ3n) is 5.39. The van der Waals surface area contributed by atoms with Gasteiger partial charge in [-0.2, -0.15) is 0 Å². The first kappa shape index (κ1) is 26.7. The van der Waals surface area contributed by atoms with E-state index in [9.17, 15) is 4.79 Å². The average molecular weight is 462 g/mol. The second-order valence-electron chi connectivity index (χ2n) is 7.63. The van der Waals surface area contributed by atoms with Gasteiger partial charge in [0.15, 0.2) is 6.79 Å². The Labute approximate surface area is 203 Å². The molecule has 0 fully saturated rings. The molecule has 0 saturated heterocycles. The summed E-state index contributed by atoms with van der Waals surface area (Å²) in [5.41, 5.74) is 6.82. The van der Waals surface area contributed by atoms with Crippen LogP contribution in [0.5, 0.6) is 5.75 Å². The fraction of sp³-hybridized carbons (Fsp3) is 0.276. The third kappa shape index (κ3) is 6.27. The summed E-state index contributed by atoms with van der Waals surface area (Å²) in [6.45, 7) is 10.5. The van der Waals surface area contributed by atoms with Crippen LogP contribution in [0.25, 0.3) is 23.4 Å². The molecule has 0 N–H and O–H groups in total. The van der Waals surface area contributed by atoms with Crippen molar-refractivity contribution in [1.29, 1.82) is 0 Å². The van der Waals surface area contributed by atoms with Gasteiger partial charge in [0, 0.05) is 42.4 Å². The minimum atomic E-state index is -0.426. The van der Waals surface area contributed by atoms with Crippen molar-refractivity contribution >= 4 is 23.7 Å². The molecule has 1 aromatic heterocycles. The Balaban J connectivity index is 0.00000408. The van der Waals surface area contributed by atoms with Gasteiger partial charge in [-0.25, -0.2) is 4.79 Å². The van der Waals surface area contributed by atoms with Crippen LogP contribution in [0.15, 0.2) is 61.4 Å². The number of methoxy groups -OCH3 is 1. The molecule has 3 aromatic rings. The second kappa shape index (κ2) is 12.6. The quantitative estimate of drug-likeness (QED) is 0.237. The van der Waals surface area contributed by atoms with Crippen molar-refractivity contribution in [1.82, 2.24) is 4.57 Å². The monoisotopic (exact) mass is 461 g/mol. The molecular formula is C29H35NO4. The maximum atomic E-state index is 12.3. The lowest BCUT2D eigenvalue weighted by molar-refractivity contribution is 0.0438. The molecule has 0 radical (unpaired) electrons. The molecule has 1 heterocycles. The number of rotatable bonds is 10. The standard InChI is InChI=1S/C28H31NO4.CH4/c1-6-20(3)26-18-29(17-23(26)13-12-22-11-9-8-10-21(22)4)24-14-15-25(28(30)32-7-2)27(16-24)33-19-31-5;/h8-18H,3,6-7,19H2,1-2,4-5H3;1H4/b13-12+;. The van der Waals surface area contributed by atoms with Crippen LogP contribution in [0.1, 0.15) is 60.3 Å². The Morgan fingerprint density at radius 1 is 1.03 bits per heavy atom. The van der Waals surface area contributed by atoms with Crippen molar-refractivity contribution in [3.8, 4) is 11.4 Å². The number of carbonyl (C=O) groups excluding carboxylic acids is 1. The molecule has 0 aliphatic heterocycles. The van der Waals surface area contributed by atoms with Gasteiger partial charge in [0.1, 0.15) is 11.3 Å². The molecule has 34 heavy (non-hydrogen) atoms. The molecule has 5 nitrogen and oxygen atoms in total. The Kier molecular flexibility index (Phi) is 9.90. The maximum absolute atomic E-state index is 12.3. The van der Waals surface area contributed by atoms with E-state index in [0.29, 0.717) is 17.9 Å². The zero-order valence-electron chi connectivity index (χ0n) is 19.8. The number of ether oxygens (including phenoxy) is 3. The van der Waals surface area contributed by atoms with Crippen LogP contribution in [0.4, 0.5) is 0 Å². The van der Waals surface area contributed by atoms with Crippen LogP contribution in [0, 0.1) is 6.92 Å². The lowest BCUT2D eigenvalue weighted by atomic mass is 10.0. The third-order valence-corrected chi connectivity index (χ3v) is 5.39. The van der Waals surface area contributed by atoms with Crippen molar-refractivity contribution in [2.45, 2.75) is 34.6 Å². The topological polar surface area (TPSA) is 49.7 Å². The number of nitrogens with zero attached hydrogens (tertiary/aromatic N) is 1. The minimum Gasteiger partial charge on any atom is -0.467 e. The summed E-state index contributed by atoms with van der Waals surface area (Å²) in [4.78, 5) is 12.3. The summed E-state index contributed by atoms with van der Waals surface area (Å²) in [6.07, 6.45) is 9.20. The number of allylic oxidation sites excluding steroid dienone is 1. The zero-order chi connectivity index (χ0) is 23.8. The first-order valence-corrected chi connectivity index (χ1v) is 11.1. The van der Waals surface area contributed by atoms with Gasteiger partial charge in [-0.1, -0.05) is 57.3 Å². The van der Waals surface area contributed by atoms with Crippen LogP contribution >= 0.6 is 0 Å². The highest BCUT2D eigenvalue weighted by atomic mass is 16.7. The number of aromatic nitrogens is 1. The molecule has 0 unspecified atom stereocenters. The van der Waals surface area contributed by atoms with E-state index in [1.165, 1.54) is 18.2 Å². The van der Waals surface area contributed by atoms with Crippen LogP contribution in [-0.2, 0) is 9.47 Å². The molecule has 0 bridgehead atoms. The minimum absolute atomic E-state index is 0. The summed E-state index contributed by atoms with van der Waals surface area (Å²) in [5, 5.41) is 0. The molecule has 0 amide bonds. The van der Waals surface area contributed by atoms with Gasteiger partial charge in [0.25, 0.3) is 0 Å². The lowest BCUT2D eigenvalue weighted by Crippen LogP contribution is -2.10. The Bertz CT molecular complexity index is 1160. The maximum Gasteiger partial charge on any atom is 0.341 e. The fourth-order valence-corrected chi connectivity index (χ4v) is 3.48. The van der Waals surface area contributed by atoms with E-state index >= 15 is 0 Å². The van der Waals surface area contributed by atoms with Crippen molar-refractivity contribution in [2.75, 3.05) is 20.5 Å². The number of hydrogen-bond acceptors (Lipinski definition) is 4. The summed E-state index contributed by atoms with van der Waals surface area (Å²) in [6, 6.07) is 13.7. The highest BCUT2D eigenvalue weighted by molar-refractivity contribution is 5.93. The van der Waals surface area contributed by atoms with E-state index in [0.717, 1.165) is 28.8 Å². The van der Waals surface area contributed by atoms with Crippen LogP contribution in [-0.4, -0.2) is 31.0 Å². The van der Waals surface area contributed by atoms with Crippen LogP contribution in [0.3, 0.4) is 0 Å². The summed E-state index contributed by atoms with van der Waals surface area (Å²) in [7, 11) is 1.54. The van der Waals surface area contributed by atoms with E-state index in [-0.39, 0.29) is 14.2 Å². The number of esters is 1. The largest absolute Gasteiger partial charge is 0.467 e. The fourth-order valence-electron chi connectivity index (χ4n) is 3.48. The van der Waals surface area contributed by atoms with Gasteiger partial charge in [-0.3, -0.25) is 0 Å². The highest BCUT2D eigenvalue weighted by Crippen LogP contribution is 2.29. The molecule has 2 aromatic carbocycles. The molecule has 0 atom stereocenters. The average Bonchev–Trinajstić information content (AvgIpc) is 3.26. The first-order valence-electron chi connectivity index (χ1n) is 11.1. The smallest absolute Gasteiger partial charge is 0.341 e. The number of benzene rings is 2. The molecule has 0 aliphatic rings. The predicted octanol–water partition coefficient (Wildman–Crippen LogP) is 7.17. The highest BCUT2D eigenvalue weighted by Gasteiger charge is 2.16. The number of carbonyl (C=O) groups is 1. The lowest BCUT2D eigenvalue weighted by Gasteiger charge is -2.12. The number of aryl methyl sites for hydroxylation is 1. The van der Waals surface area contributed by atoms with Crippen LogP contribution in [0.2, 0.25) is 0 Å². The molecule has 180 valence electrons. The molecule has 3 rings (SSSR count). The van der Waals surface area contributed by atoms with Crippen molar-refractivity contribution < 1.29 is 19.0 Å². The first-order chi connectivity index (χ1) is 16.0. The van der Waals surface area contributed by atoms with E-state index in [1.54, 1.807) is 13.0 Å². The summed E-state index contributed by atoms with van der Waals surface area (Å²) >= 11 is 0. The van der Waals surface area contributed by atoms with Crippen LogP contribution < -0.4 is 4.74 Å². The van der Waals surface area contributed by atoms with Gasteiger partial charge < -0.3 is 18.8 Å². The molecule has 0 saturated carbocycles. The zero-order valence-corrected chi connectivity index (χ0v) is 19.8. The Morgan fingerprint density at radius 2 is 1.76 bits per heavy atom. The van der Waals surface area contributed by atoms with Gasteiger partial charge in [0.05, 0.1) is 6.61 Å². The van der Waals surface area contributed by atoms with Gasteiger partial charge in [-0.15, -0.1) is 0 Å². The van der Waals surface area contributed by atoms with Crippen molar-refractivity contribution in [2.24, 2.45) is 0 Å². The molecule has 0 spiro atoms. The molecule has 0 aliphatic carbocycles. The van der Waals surface area contributed by atoms with Gasteiger partial charge >= 0.3 is 5.97 Å². The van der Waals surface area contributed by atoms with E-state index in [2.05, 4.69) is 57.1 Å². The van der Waals surface area contributed by atoms with Gasteiger partial charge in [0.2, 0.25) is 0 Å². The Hall–Kier alpha value is -3.57. The molecular weight excluding hydrogens is 426 g/mol. The summed E-state index contributed by atoms with van der Waals surface area (Å²) < 4.78 is 17.9. The Morgan fingerprint density at radius 3 is 2.44 bits per heavy atom. The van der Waals surface area contributed by atoms with E-state index in [1.807, 2.05) is 28.8 Å². The second-order valence-corrected chi connectivity index (χ2v) is 7.63. The van der Waals surface area contributed by atoms with E-state index in [4.69, 9.17) is 14.2 Å².